The van der Waals surface area contributed by atoms with Gasteiger partial charge in [-0.25, -0.2) is 29.9 Å². The second-order valence-corrected chi connectivity index (χ2v) is 15.6. The maximum Gasteiger partial charge on any atom is 0.164 e. The molecule has 0 unspecified atom stereocenters. The van der Waals surface area contributed by atoms with Crippen molar-refractivity contribution in [2.75, 3.05) is 0 Å². The molecule has 6 aromatic carbocycles. The number of pyridine rings is 3. The molecule has 294 valence electrons. The van der Waals surface area contributed by atoms with E-state index in [1.165, 1.54) is 0 Å². The third-order valence-corrected chi connectivity index (χ3v) is 12.1. The number of aromatic nitrogens is 9. The van der Waals surface area contributed by atoms with Crippen LogP contribution in [0.15, 0.2) is 201 Å². The second kappa shape index (κ2) is 13.9. The van der Waals surface area contributed by atoms with Crippen molar-refractivity contribution in [1.82, 2.24) is 43.6 Å². The minimum absolute atomic E-state index is 0.582. The quantitative estimate of drug-likeness (QED) is 0.166. The molecule has 13 rings (SSSR count). The highest BCUT2D eigenvalue weighted by Crippen LogP contribution is 2.38. The van der Waals surface area contributed by atoms with Crippen molar-refractivity contribution in [2.45, 2.75) is 0 Å². The van der Waals surface area contributed by atoms with Crippen LogP contribution in [0.1, 0.15) is 0 Å². The van der Waals surface area contributed by atoms with Crippen LogP contribution in [-0.2, 0) is 0 Å². The zero-order valence-corrected chi connectivity index (χ0v) is 33.6. The number of rotatable bonds is 6. The summed E-state index contributed by atoms with van der Waals surface area (Å²) in [5, 5.41) is 6.64. The van der Waals surface area contributed by atoms with Crippen molar-refractivity contribution in [3.05, 3.63) is 201 Å². The fourth-order valence-electron chi connectivity index (χ4n) is 9.30. The summed E-state index contributed by atoms with van der Waals surface area (Å²) in [7, 11) is 0. The molecular weight excluding hydrogens is 775 g/mol. The molecule has 0 saturated heterocycles. The van der Waals surface area contributed by atoms with E-state index >= 15 is 0 Å². The highest BCUT2D eigenvalue weighted by Gasteiger charge is 2.20. The Morgan fingerprint density at radius 2 is 0.540 bits per heavy atom. The number of hydrogen-bond donors (Lipinski definition) is 0. The van der Waals surface area contributed by atoms with Gasteiger partial charge in [0.15, 0.2) is 17.5 Å². The molecule has 0 radical (unpaired) electrons. The summed E-state index contributed by atoms with van der Waals surface area (Å²) in [6.07, 6.45) is 5.50. The average Bonchev–Trinajstić information content (AvgIpc) is 3.99. The van der Waals surface area contributed by atoms with Crippen LogP contribution < -0.4 is 0 Å². The molecule has 0 N–H and O–H groups in total. The number of fused-ring (bicyclic) bond motifs is 9. The maximum absolute atomic E-state index is 5.29. The Balaban J connectivity index is 1.04. The Bertz CT molecular complexity index is 3490. The third-order valence-electron chi connectivity index (χ3n) is 12.1. The minimum Gasteiger partial charge on any atom is -0.294 e. The van der Waals surface area contributed by atoms with Crippen LogP contribution in [0.2, 0.25) is 0 Å². The summed E-state index contributed by atoms with van der Waals surface area (Å²) in [6, 6.07) is 62.8. The number of nitrogens with zero attached hydrogens (tertiary/aromatic N) is 9. The van der Waals surface area contributed by atoms with E-state index in [2.05, 4.69) is 141 Å². The molecule has 13 aromatic rings. The SMILES string of the molecule is c1ccc(-n2c3ccccc3c3cc(-c4nc(-c5ccc6c(c5)c5ccccc5n6-c5ccccn5)nc(-c5ccc6c(c5)c5ccccc5n6-c5ccccn5)n4)ccc32)nc1. The molecule has 0 aliphatic carbocycles. The Hall–Kier alpha value is -8.82. The molecule has 9 nitrogen and oxygen atoms in total. The zero-order chi connectivity index (χ0) is 41.4. The van der Waals surface area contributed by atoms with Crippen LogP contribution in [0, 0.1) is 0 Å². The van der Waals surface area contributed by atoms with Crippen molar-refractivity contribution in [1.29, 1.82) is 0 Å². The van der Waals surface area contributed by atoms with Gasteiger partial charge in [-0.05, 0) is 109 Å². The molecule has 0 saturated carbocycles. The summed E-state index contributed by atoms with van der Waals surface area (Å²) in [4.78, 5) is 30.1. The first-order chi connectivity index (χ1) is 31.2. The molecule has 9 heteroatoms. The lowest BCUT2D eigenvalue weighted by molar-refractivity contribution is 1.07. The zero-order valence-electron chi connectivity index (χ0n) is 33.6. The van der Waals surface area contributed by atoms with Crippen LogP contribution in [0.5, 0.6) is 0 Å². The molecule has 0 bridgehead atoms. The predicted octanol–water partition coefficient (Wildman–Crippen LogP) is 12.3. The Labute approximate surface area is 359 Å². The van der Waals surface area contributed by atoms with Crippen molar-refractivity contribution >= 4 is 65.4 Å². The van der Waals surface area contributed by atoms with Gasteiger partial charge in [0.2, 0.25) is 0 Å². The second-order valence-electron chi connectivity index (χ2n) is 15.6. The van der Waals surface area contributed by atoms with Crippen LogP contribution in [0.4, 0.5) is 0 Å². The average molecular weight is 808 g/mol. The molecular formula is C54H33N9. The number of benzene rings is 6. The van der Waals surface area contributed by atoms with Crippen molar-refractivity contribution in [2.24, 2.45) is 0 Å². The molecule has 0 fully saturated rings. The lowest BCUT2D eigenvalue weighted by atomic mass is 10.1. The highest BCUT2D eigenvalue weighted by atomic mass is 15.1. The van der Waals surface area contributed by atoms with E-state index in [-0.39, 0.29) is 0 Å². The summed E-state index contributed by atoms with van der Waals surface area (Å²) < 4.78 is 6.64. The standard InChI is InChI=1S/C54H33N9/c1-4-16-43-37(13-1)40-31-34(22-25-46(40)61(43)49-19-7-10-28-55-49)52-58-53(35-23-26-47-41(32-35)38-14-2-5-17-44(38)62(47)50-20-8-11-29-56-50)60-54(59-52)36-24-27-48-42(33-36)39-15-3-6-18-45(39)63(48)51-21-9-12-30-57-51/h1-33H. The third kappa shape index (κ3) is 5.50. The van der Waals surface area contributed by atoms with Crippen LogP contribution >= 0.6 is 0 Å². The normalized spacial score (nSPS) is 11.8. The van der Waals surface area contributed by atoms with E-state index in [9.17, 15) is 0 Å². The van der Waals surface area contributed by atoms with Crippen LogP contribution in [0.25, 0.3) is 117 Å². The largest absolute Gasteiger partial charge is 0.294 e. The Morgan fingerprint density at radius 1 is 0.254 bits per heavy atom. The first-order valence-corrected chi connectivity index (χ1v) is 20.9. The Morgan fingerprint density at radius 3 is 0.841 bits per heavy atom. The van der Waals surface area contributed by atoms with Gasteiger partial charge in [0.25, 0.3) is 0 Å². The van der Waals surface area contributed by atoms with Gasteiger partial charge >= 0.3 is 0 Å². The number of hydrogen-bond acceptors (Lipinski definition) is 6. The van der Waals surface area contributed by atoms with E-state index in [0.717, 1.165) is 99.6 Å². The van der Waals surface area contributed by atoms with E-state index in [1.807, 2.05) is 73.2 Å². The fraction of sp³-hybridized carbons (Fsp3) is 0. The van der Waals surface area contributed by atoms with Gasteiger partial charge in [0, 0.05) is 67.6 Å². The van der Waals surface area contributed by atoms with Crippen molar-refractivity contribution in [3.63, 3.8) is 0 Å². The Kier molecular flexibility index (Phi) is 7.70. The molecule has 7 heterocycles. The lowest BCUT2D eigenvalue weighted by Gasteiger charge is -2.11. The van der Waals surface area contributed by atoms with Gasteiger partial charge in [0.1, 0.15) is 17.5 Å². The summed E-state index contributed by atoms with van der Waals surface area (Å²) in [5.74, 6) is 4.33. The molecule has 0 spiro atoms. The summed E-state index contributed by atoms with van der Waals surface area (Å²) >= 11 is 0. The predicted molar refractivity (Wildman–Crippen MR) is 253 cm³/mol. The summed E-state index contributed by atoms with van der Waals surface area (Å²) in [5.41, 5.74) is 9.06. The molecule has 0 atom stereocenters. The van der Waals surface area contributed by atoms with E-state index in [1.54, 1.807) is 0 Å². The van der Waals surface area contributed by atoms with Crippen molar-refractivity contribution in [3.8, 4) is 51.6 Å². The molecule has 0 aliphatic heterocycles. The molecule has 0 amide bonds. The van der Waals surface area contributed by atoms with Gasteiger partial charge in [-0.15, -0.1) is 0 Å². The van der Waals surface area contributed by atoms with E-state index in [0.29, 0.717) is 17.5 Å². The highest BCUT2D eigenvalue weighted by molar-refractivity contribution is 6.12. The van der Waals surface area contributed by atoms with Gasteiger partial charge in [0.05, 0.1) is 33.1 Å². The van der Waals surface area contributed by atoms with E-state index < -0.39 is 0 Å². The van der Waals surface area contributed by atoms with E-state index in [4.69, 9.17) is 29.9 Å². The fourth-order valence-corrected chi connectivity index (χ4v) is 9.30. The van der Waals surface area contributed by atoms with Crippen LogP contribution in [-0.4, -0.2) is 43.6 Å². The number of para-hydroxylation sites is 3. The summed E-state index contributed by atoms with van der Waals surface area (Å²) in [6.45, 7) is 0. The maximum atomic E-state index is 5.29. The van der Waals surface area contributed by atoms with Crippen LogP contribution in [0.3, 0.4) is 0 Å². The molecule has 63 heavy (non-hydrogen) atoms. The first-order valence-electron chi connectivity index (χ1n) is 20.9. The smallest absolute Gasteiger partial charge is 0.164 e. The van der Waals surface area contributed by atoms with Gasteiger partial charge < -0.3 is 0 Å². The molecule has 0 aliphatic rings. The first kappa shape index (κ1) is 35.0. The topological polar surface area (TPSA) is 92.1 Å². The molecule has 7 aromatic heterocycles. The van der Waals surface area contributed by atoms with Gasteiger partial charge in [-0.3, -0.25) is 13.7 Å². The minimum atomic E-state index is 0.582. The monoisotopic (exact) mass is 807 g/mol. The van der Waals surface area contributed by atoms with Crippen molar-refractivity contribution < 1.29 is 0 Å². The van der Waals surface area contributed by atoms with Gasteiger partial charge in [-0.1, -0.05) is 72.8 Å². The van der Waals surface area contributed by atoms with Gasteiger partial charge in [-0.2, -0.15) is 0 Å². The lowest BCUT2D eigenvalue weighted by Crippen LogP contribution is -2.01.